The Labute approximate surface area is 107 Å². The molecule has 0 bridgehead atoms. The van der Waals surface area contributed by atoms with Crippen molar-refractivity contribution in [2.45, 2.75) is 25.3 Å². The molecule has 1 amide bonds. The van der Waals surface area contributed by atoms with Crippen LogP contribution in [0.25, 0.3) is 0 Å². The molecule has 5 heteroatoms. The Morgan fingerprint density at radius 2 is 2.39 bits per heavy atom. The molecule has 2 rings (SSSR count). The zero-order chi connectivity index (χ0) is 13.0. The van der Waals surface area contributed by atoms with Crippen LogP contribution in [0.5, 0.6) is 0 Å². The minimum absolute atomic E-state index is 0.153. The van der Waals surface area contributed by atoms with Crippen LogP contribution in [0.3, 0.4) is 0 Å². The summed E-state index contributed by atoms with van der Waals surface area (Å²) in [6.07, 6.45) is 3.53. The molecular weight excluding hydrogens is 230 g/mol. The van der Waals surface area contributed by atoms with Crippen LogP contribution in [0.4, 0.5) is 5.69 Å². The van der Waals surface area contributed by atoms with Crippen molar-refractivity contribution in [1.82, 2.24) is 10.3 Å². The number of aromatic nitrogens is 1. The molecular formula is C13H19N3O2. The molecule has 2 heterocycles. The number of pyridine rings is 1. The van der Waals surface area contributed by atoms with Gasteiger partial charge in [-0.3, -0.25) is 9.78 Å². The summed E-state index contributed by atoms with van der Waals surface area (Å²) in [5, 5.41) is 6.00. The van der Waals surface area contributed by atoms with Crippen LogP contribution in [-0.2, 0) is 4.74 Å². The number of nitrogens with zero attached hydrogens (tertiary/aromatic N) is 1. The Morgan fingerprint density at radius 3 is 3.06 bits per heavy atom. The fourth-order valence-electron chi connectivity index (χ4n) is 2.08. The topological polar surface area (TPSA) is 63.2 Å². The molecule has 5 nitrogen and oxygen atoms in total. The number of hydrogen-bond donors (Lipinski definition) is 2. The minimum Gasteiger partial charge on any atom is -0.388 e. The highest BCUT2D eigenvalue weighted by Crippen LogP contribution is 2.19. The van der Waals surface area contributed by atoms with Crippen LogP contribution in [-0.4, -0.2) is 36.7 Å². The van der Waals surface area contributed by atoms with Crippen molar-refractivity contribution in [2.75, 3.05) is 25.6 Å². The lowest BCUT2D eigenvalue weighted by Crippen LogP contribution is -2.51. The molecule has 0 aromatic carbocycles. The third kappa shape index (κ3) is 2.98. The lowest BCUT2D eigenvalue weighted by Gasteiger charge is -2.34. The first-order chi connectivity index (χ1) is 8.63. The van der Waals surface area contributed by atoms with Crippen LogP contribution in [0.15, 0.2) is 18.3 Å². The van der Waals surface area contributed by atoms with Gasteiger partial charge >= 0.3 is 0 Å². The third-order valence-electron chi connectivity index (χ3n) is 3.13. The van der Waals surface area contributed by atoms with E-state index in [2.05, 4.69) is 15.6 Å². The van der Waals surface area contributed by atoms with Crippen LogP contribution in [0.2, 0.25) is 0 Å². The minimum atomic E-state index is -0.285. The highest BCUT2D eigenvalue weighted by atomic mass is 16.5. The Bertz CT molecular complexity index is 428. The molecule has 0 radical (unpaired) electrons. The Hall–Kier alpha value is -1.62. The normalized spacial score (nSPS) is 23.4. The van der Waals surface area contributed by atoms with Gasteiger partial charge in [0, 0.05) is 25.5 Å². The first-order valence-corrected chi connectivity index (χ1v) is 6.17. The van der Waals surface area contributed by atoms with Gasteiger partial charge < -0.3 is 15.4 Å². The molecule has 1 aromatic heterocycles. The number of ether oxygens (including phenoxy) is 1. The van der Waals surface area contributed by atoms with Crippen molar-refractivity contribution in [1.29, 1.82) is 0 Å². The van der Waals surface area contributed by atoms with Crippen molar-refractivity contribution in [3.8, 4) is 0 Å². The highest BCUT2D eigenvalue weighted by molar-refractivity contribution is 5.93. The van der Waals surface area contributed by atoms with Gasteiger partial charge in [0.1, 0.15) is 5.69 Å². The van der Waals surface area contributed by atoms with E-state index in [1.54, 1.807) is 12.3 Å². The number of anilines is 1. The molecule has 0 aliphatic carbocycles. The molecule has 1 aliphatic heterocycles. The predicted molar refractivity (Wildman–Crippen MR) is 69.7 cm³/mol. The average Bonchev–Trinajstić information content (AvgIpc) is 2.39. The van der Waals surface area contributed by atoms with Crippen molar-refractivity contribution in [2.24, 2.45) is 0 Å². The van der Waals surface area contributed by atoms with Crippen molar-refractivity contribution >= 4 is 11.6 Å². The Kier molecular flexibility index (Phi) is 3.81. The van der Waals surface area contributed by atoms with Gasteiger partial charge in [0.25, 0.3) is 5.91 Å². The molecule has 0 saturated carbocycles. The van der Waals surface area contributed by atoms with E-state index in [1.807, 2.05) is 20.0 Å². The number of carbonyl (C=O) groups excluding carboxylic acids is 1. The molecule has 1 fully saturated rings. The number of amides is 1. The molecule has 18 heavy (non-hydrogen) atoms. The summed E-state index contributed by atoms with van der Waals surface area (Å²) in [7, 11) is 1.81. The van der Waals surface area contributed by atoms with Crippen LogP contribution >= 0.6 is 0 Å². The lowest BCUT2D eigenvalue weighted by atomic mass is 9.94. The fraction of sp³-hybridized carbons (Fsp3) is 0.538. The maximum Gasteiger partial charge on any atom is 0.270 e. The number of carbonyl (C=O) groups is 1. The summed E-state index contributed by atoms with van der Waals surface area (Å²) >= 11 is 0. The molecule has 1 aromatic rings. The van der Waals surface area contributed by atoms with Crippen molar-refractivity contribution < 1.29 is 9.53 Å². The van der Waals surface area contributed by atoms with Gasteiger partial charge in [-0.1, -0.05) is 0 Å². The maximum absolute atomic E-state index is 12.1. The van der Waals surface area contributed by atoms with Crippen LogP contribution in [0, 0.1) is 0 Å². The number of nitrogens with one attached hydrogen (secondary N) is 2. The quantitative estimate of drug-likeness (QED) is 0.850. The van der Waals surface area contributed by atoms with E-state index in [0.29, 0.717) is 12.3 Å². The maximum atomic E-state index is 12.1. The lowest BCUT2D eigenvalue weighted by molar-refractivity contribution is 0.0271. The monoisotopic (exact) mass is 249 g/mol. The molecule has 1 saturated heterocycles. The smallest absolute Gasteiger partial charge is 0.270 e. The highest BCUT2D eigenvalue weighted by Gasteiger charge is 2.29. The van der Waals surface area contributed by atoms with Gasteiger partial charge in [-0.15, -0.1) is 0 Å². The second kappa shape index (κ2) is 5.35. The van der Waals surface area contributed by atoms with E-state index < -0.39 is 0 Å². The van der Waals surface area contributed by atoms with Gasteiger partial charge in [0.2, 0.25) is 0 Å². The van der Waals surface area contributed by atoms with E-state index in [0.717, 1.165) is 25.1 Å². The third-order valence-corrected chi connectivity index (χ3v) is 3.13. The summed E-state index contributed by atoms with van der Waals surface area (Å²) in [5.74, 6) is -0.153. The van der Waals surface area contributed by atoms with E-state index in [1.165, 1.54) is 0 Å². The standard InChI is InChI=1S/C13H19N3O2/c1-13(5-3-7-18-9-13)16-12(17)11-8-10(14-2)4-6-15-11/h4,6,8H,3,5,7,9H2,1-2H3,(H,14,15)(H,16,17). The summed E-state index contributed by atoms with van der Waals surface area (Å²) in [6, 6.07) is 3.56. The summed E-state index contributed by atoms with van der Waals surface area (Å²) in [5.41, 5.74) is 1.01. The Balaban J connectivity index is 2.06. The summed E-state index contributed by atoms with van der Waals surface area (Å²) in [4.78, 5) is 16.2. The van der Waals surface area contributed by atoms with Crippen LogP contribution in [0.1, 0.15) is 30.3 Å². The second-order valence-corrected chi connectivity index (χ2v) is 4.85. The van der Waals surface area contributed by atoms with Gasteiger partial charge in [-0.05, 0) is 31.9 Å². The predicted octanol–water partition coefficient (Wildman–Crippen LogP) is 1.42. The van der Waals surface area contributed by atoms with Gasteiger partial charge in [0.05, 0.1) is 12.1 Å². The van der Waals surface area contributed by atoms with Gasteiger partial charge in [0.15, 0.2) is 0 Å². The summed E-state index contributed by atoms with van der Waals surface area (Å²) in [6.45, 7) is 3.34. The fourth-order valence-corrected chi connectivity index (χ4v) is 2.08. The molecule has 1 aliphatic rings. The largest absolute Gasteiger partial charge is 0.388 e. The van der Waals surface area contributed by atoms with Crippen LogP contribution < -0.4 is 10.6 Å². The molecule has 1 atom stereocenters. The molecule has 1 unspecified atom stereocenters. The second-order valence-electron chi connectivity index (χ2n) is 4.85. The summed E-state index contributed by atoms with van der Waals surface area (Å²) < 4.78 is 5.42. The SMILES string of the molecule is CNc1ccnc(C(=O)NC2(C)CCCOC2)c1. The Morgan fingerprint density at radius 1 is 1.56 bits per heavy atom. The van der Waals surface area contributed by atoms with Crippen molar-refractivity contribution in [3.05, 3.63) is 24.0 Å². The van der Waals surface area contributed by atoms with Gasteiger partial charge in [-0.2, -0.15) is 0 Å². The average molecular weight is 249 g/mol. The van der Waals surface area contributed by atoms with E-state index in [-0.39, 0.29) is 11.4 Å². The van der Waals surface area contributed by atoms with Gasteiger partial charge in [-0.25, -0.2) is 0 Å². The zero-order valence-electron chi connectivity index (χ0n) is 10.8. The molecule has 98 valence electrons. The first-order valence-electron chi connectivity index (χ1n) is 6.17. The van der Waals surface area contributed by atoms with E-state index >= 15 is 0 Å². The zero-order valence-corrected chi connectivity index (χ0v) is 10.8. The number of hydrogen-bond acceptors (Lipinski definition) is 4. The first kappa shape index (κ1) is 12.8. The number of rotatable bonds is 3. The molecule has 0 spiro atoms. The van der Waals surface area contributed by atoms with E-state index in [9.17, 15) is 4.79 Å². The molecule has 2 N–H and O–H groups in total. The van der Waals surface area contributed by atoms with E-state index in [4.69, 9.17) is 4.74 Å². The van der Waals surface area contributed by atoms with Crippen molar-refractivity contribution in [3.63, 3.8) is 0 Å².